The normalized spacial score (nSPS) is 12.3. The number of benzene rings is 1. The standard InChI is InChI=1S/C17H20N4O3S/c1-4-23-12(2)16-19-15(24-20-16)11-25-17-18-9-10-21(17)13-5-7-14(22-3)8-6-13/h5-10,12H,4,11H2,1-3H3. The van der Waals surface area contributed by atoms with E-state index >= 15 is 0 Å². The van der Waals surface area contributed by atoms with Crippen molar-refractivity contribution in [3.8, 4) is 11.4 Å². The van der Waals surface area contributed by atoms with Gasteiger partial charge in [0.05, 0.1) is 12.9 Å². The first-order chi connectivity index (χ1) is 12.2. The second kappa shape index (κ2) is 8.17. The Morgan fingerprint density at radius 2 is 2.08 bits per heavy atom. The van der Waals surface area contributed by atoms with Gasteiger partial charge in [0.25, 0.3) is 0 Å². The molecule has 0 saturated carbocycles. The van der Waals surface area contributed by atoms with Crippen molar-refractivity contribution >= 4 is 11.8 Å². The molecule has 0 fully saturated rings. The molecule has 25 heavy (non-hydrogen) atoms. The van der Waals surface area contributed by atoms with Crippen LogP contribution in [0, 0.1) is 0 Å². The van der Waals surface area contributed by atoms with Crippen LogP contribution in [-0.4, -0.2) is 33.4 Å². The Balaban J connectivity index is 1.67. The molecule has 3 rings (SSSR count). The molecule has 0 amide bonds. The smallest absolute Gasteiger partial charge is 0.237 e. The maximum Gasteiger partial charge on any atom is 0.237 e. The Kier molecular flexibility index (Phi) is 5.72. The molecular formula is C17H20N4O3S. The molecule has 3 aromatic rings. The quantitative estimate of drug-likeness (QED) is 0.568. The summed E-state index contributed by atoms with van der Waals surface area (Å²) in [5.41, 5.74) is 1.01. The molecule has 0 bridgehead atoms. The second-order valence-corrected chi connectivity index (χ2v) is 6.15. The van der Waals surface area contributed by atoms with Crippen LogP contribution in [0.4, 0.5) is 0 Å². The summed E-state index contributed by atoms with van der Waals surface area (Å²) in [6.07, 6.45) is 3.51. The van der Waals surface area contributed by atoms with Crippen LogP contribution in [0.2, 0.25) is 0 Å². The average Bonchev–Trinajstić information content (AvgIpc) is 3.29. The first-order valence-corrected chi connectivity index (χ1v) is 8.94. The molecule has 0 spiro atoms. The van der Waals surface area contributed by atoms with Crippen LogP contribution in [0.25, 0.3) is 5.69 Å². The van der Waals surface area contributed by atoms with Crippen molar-refractivity contribution in [2.75, 3.05) is 13.7 Å². The molecule has 0 aliphatic rings. The molecule has 1 unspecified atom stereocenters. The summed E-state index contributed by atoms with van der Waals surface area (Å²) in [6, 6.07) is 7.81. The van der Waals surface area contributed by atoms with E-state index in [4.69, 9.17) is 14.0 Å². The third-order valence-corrected chi connectivity index (χ3v) is 4.50. The molecule has 132 valence electrons. The van der Waals surface area contributed by atoms with Crippen molar-refractivity contribution in [1.29, 1.82) is 0 Å². The number of hydrogen-bond acceptors (Lipinski definition) is 7. The van der Waals surface area contributed by atoms with Gasteiger partial charge in [0.2, 0.25) is 5.89 Å². The molecule has 0 aliphatic carbocycles. The van der Waals surface area contributed by atoms with E-state index in [1.807, 2.05) is 48.9 Å². The third-order valence-electron chi connectivity index (χ3n) is 3.55. The molecule has 2 heterocycles. The second-order valence-electron chi connectivity index (χ2n) is 5.21. The lowest BCUT2D eigenvalue weighted by atomic mass is 10.3. The third kappa shape index (κ3) is 4.21. The maximum absolute atomic E-state index is 5.47. The zero-order valence-electron chi connectivity index (χ0n) is 14.4. The molecule has 1 atom stereocenters. The van der Waals surface area contributed by atoms with Gasteiger partial charge in [-0.25, -0.2) is 4.98 Å². The van der Waals surface area contributed by atoms with E-state index in [9.17, 15) is 0 Å². The van der Waals surface area contributed by atoms with E-state index in [2.05, 4.69) is 15.1 Å². The fraction of sp³-hybridized carbons (Fsp3) is 0.353. The Hall–Kier alpha value is -2.32. The van der Waals surface area contributed by atoms with Crippen LogP contribution in [0.3, 0.4) is 0 Å². The van der Waals surface area contributed by atoms with Crippen molar-refractivity contribution in [3.63, 3.8) is 0 Å². The van der Waals surface area contributed by atoms with Crippen molar-refractivity contribution in [3.05, 3.63) is 48.4 Å². The monoisotopic (exact) mass is 360 g/mol. The molecule has 0 N–H and O–H groups in total. The molecule has 2 aromatic heterocycles. The summed E-state index contributed by atoms with van der Waals surface area (Å²) >= 11 is 1.53. The fourth-order valence-electron chi connectivity index (χ4n) is 2.28. The summed E-state index contributed by atoms with van der Waals surface area (Å²) in [4.78, 5) is 8.78. The zero-order valence-corrected chi connectivity index (χ0v) is 15.2. The van der Waals surface area contributed by atoms with Gasteiger partial charge in [-0.1, -0.05) is 16.9 Å². The van der Waals surface area contributed by atoms with E-state index in [-0.39, 0.29) is 6.10 Å². The maximum atomic E-state index is 5.47. The minimum absolute atomic E-state index is 0.172. The van der Waals surface area contributed by atoms with E-state index < -0.39 is 0 Å². The summed E-state index contributed by atoms with van der Waals surface area (Å²) in [5.74, 6) is 2.48. The van der Waals surface area contributed by atoms with Gasteiger partial charge in [-0.05, 0) is 38.1 Å². The topological polar surface area (TPSA) is 75.2 Å². The number of ether oxygens (including phenoxy) is 2. The van der Waals surface area contributed by atoms with Crippen LogP contribution in [0.5, 0.6) is 5.75 Å². The minimum atomic E-state index is -0.172. The van der Waals surface area contributed by atoms with Crippen molar-refractivity contribution < 1.29 is 14.0 Å². The van der Waals surface area contributed by atoms with E-state index in [0.717, 1.165) is 16.6 Å². The number of nitrogens with zero attached hydrogens (tertiary/aromatic N) is 4. The van der Waals surface area contributed by atoms with Gasteiger partial charge >= 0.3 is 0 Å². The summed E-state index contributed by atoms with van der Waals surface area (Å²) in [5, 5.41) is 4.82. The first-order valence-electron chi connectivity index (χ1n) is 7.96. The lowest BCUT2D eigenvalue weighted by Gasteiger charge is -2.07. The number of aromatic nitrogens is 4. The number of methoxy groups -OCH3 is 1. The fourth-order valence-corrected chi connectivity index (χ4v) is 3.09. The van der Waals surface area contributed by atoms with Crippen LogP contribution >= 0.6 is 11.8 Å². The summed E-state index contributed by atoms with van der Waals surface area (Å²) in [7, 11) is 1.65. The van der Waals surface area contributed by atoms with Gasteiger partial charge in [0.1, 0.15) is 11.9 Å². The Morgan fingerprint density at radius 1 is 1.28 bits per heavy atom. The summed E-state index contributed by atoms with van der Waals surface area (Å²) < 4.78 is 18.0. The Morgan fingerprint density at radius 3 is 2.80 bits per heavy atom. The van der Waals surface area contributed by atoms with Crippen LogP contribution in [0.1, 0.15) is 31.7 Å². The van der Waals surface area contributed by atoms with Gasteiger partial charge < -0.3 is 14.0 Å². The minimum Gasteiger partial charge on any atom is -0.497 e. The van der Waals surface area contributed by atoms with Gasteiger partial charge in [-0.2, -0.15) is 4.98 Å². The van der Waals surface area contributed by atoms with E-state index in [1.54, 1.807) is 13.3 Å². The zero-order chi connectivity index (χ0) is 17.6. The van der Waals surface area contributed by atoms with Gasteiger partial charge in [0, 0.05) is 24.7 Å². The Bertz CT molecular complexity index is 800. The highest BCUT2D eigenvalue weighted by Crippen LogP contribution is 2.25. The summed E-state index contributed by atoms with van der Waals surface area (Å²) in [6.45, 7) is 4.45. The van der Waals surface area contributed by atoms with E-state index in [0.29, 0.717) is 24.1 Å². The first kappa shape index (κ1) is 17.5. The highest BCUT2D eigenvalue weighted by atomic mass is 32.2. The Labute approximate surface area is 150 Å². The van der Waals surface area contributed by atoms with Crippen molar-refractivity contribution in [1.82, 2.24) is 19.7 Å². The highest BCUT2D eigenvalue weighted by molar-refractivity contribution is 7.98. The lowest BCUT2D eigenvalue weighted by Crippen LogP contribution is -2.01. The van der Waals surface area contributed by atoms with Gasteiger partial charge in [0.15, 0.2) is 11.0 Å². The van der Waals surface area contributed by atoms with Crippen molar-refractivity contribution in [2.45, 2.75) is 30.9 Å². The molecule has 0 radical (unpaired) electrons. The number of hydrogen-bond donors (Lipinski definition) is 0. The van der Waals surface area contributed by atoms with Gasteiger partial charge in [-0.3, -0.25) is 4.57 Å². The molecule has 8 heteroatoms. The molecule has 0 aliphatic heterocycles. The predicted octanol–water partition coefficient (Wildman–Crippen LogP) is 3.65. The van der Waals surface area contributed by atoms with Crippen molar-refractivity contribution in [2.24, 2.45) is 0 Å². The van der Waals surface area contributed by atoms with Gasteiger partial charge in [-0.15, -0.1) is 0 Å². The number of thioether (sulfide) groups is 1. The average molecular weight is 360 g/mol. The largest absolute Gasteiger partial charge is 0.497 e. The molecule has 7 nitrogen and oxygen atoms in total. The van der Waals surface area contributed by atoms with Crippen LogP contribution < -0.4 is 4.74 Å². The van der Waals surface area contributed by atoms with Crippen LogP contribution in [-0.2, 0) is 10.5 Å². The van der Waals surface area contributed by atoms with Crippen LogP contribution in [0.15, 0.2) is 46.3 Å². The lowest BCUT2D eigenvalue weighted by molar-refractivity contribution is 0.0683. The highest BCUT2D eigenvalue weighted by Gasteiger charge is 2.15. The SMILES string of the molecule is CCOC(C)c1noc(CSc2nccn2-c2ccc(OC)cc2)n1. The number of imidazole rings is 1. The molecule has 0 saturated heterocycles. The number of rotatable bonds is 8. The molecular weight excluding hydrogens is 340 g/mol. The predicted molar refractivity (Wildman–Crippen MR) is 94.0 cm³/mol. The van der Waals surface area contributed by atoms with E-state index in [1.165, 1.54) is 11.8 Å². The molecule has 1 aromatic carbocycles.